The highest BCUT2D eigenvalue weighted by Crippen LogP contribution is 2.24. The van der Waals surface area contributed by atoms with Crippen LogP contribution in [-0.2, 0) is 0 Å². The van der Waals surface area contributed by atoms with Gasteiger partial charge in [0.2, 0.25) is 0 Å². The molecule has 120 valence electrons. The van der Waals surface area contributed by atoms with Crippen molar-refractivity contribution in [1.82, 2.24) is 9.97 Å². The first-order valence-corrected chi connectivity index (χ1v) is 7.62. The summed E-state index contributed by atoms with van der Waals surface area (Å²) in [5.41, 5.74) is 1.09. The highest BCUT2D eigenvalue weighted by Gasteiger charge is 2.18. The van der Waals surface area contributed by atoms with E-state index in [0.29, 0.717) is 6.54 Å². The van der Waals surface area contributed by atoms with E-state index in [2.05, 4.69) is 55.2 Å². The van der Waals surface area contributed by atoms with Gasteiger partial charge in [-0.3, -0.25) is 0 Å². The maximum absolute atomic E-state index is 10.1. The molecule has 0 amide bonds. The van der Waals surface area contributed by atoms with Gasteiger partial charge in [0.15, 0.2) is 0 Å². The number of aromatic nitrogens is 2. The molecule has 0 saturated heterocycles. The van der Waals surface area contributed by atoms with Crippen LogP contribution in [0.2, 0.25) is 0 Å². The first kappa shape index (κ1) is 17.7. The molecule has 3 N–H and O–H groups in total. The van der Waals surface area contributed by atoms with E-state index in [1.165, 1.54) is 0 Å². The molecule has 1 heterocycles. The summed E-state index contributed by atoms with van der Waals surface area (Å²) in [5, 5.41) is 16.5. The van der Waals surface area contributed by atoms with E-state index in [4.69, 9.17) is 0 Å². The van der Waals surface area contributed by atoms with Crippen LogP contribution in [0, 0.1) is 12.3 Å². The lowest BCUT2D eigenvalue weighted by molar-refractivity contribution is 0.132. The first-order chi connectivity index (χ1) is 9.64. The topological polar surface area (TPSA) is 70.1 Å². The lowest BCUT2D eigenvalue weighted by atomic mass is 9.89. The van der Waals surface area contributed by atoms with Gasteiger partial charge in [0.1, 0.15) is 17.5 Å². The second-order valence-electron chi connectivity index (χ2n) is 7.11. The molecule has 5 nitrogen and oxygen atoms in total. The molecule has 1 aromatic rings. The van der Waals surface area contributed by atoms with Crippen LogP contribution < -0.4 is 10.6 Å². The van der Waals surface area contributed by atoms with E-state index in [-0.39, 0.29) is 17.4 Å². The molecular weight excluding hydrogens is 264 g/mol. The van der Waals surface area contributed by atoms with Crippen molar-refractivity contribution in [1.29, 1.82) is 0 Å². The van der Waals surface area contributed by atoms with Crippen molar-refractivity contribution in [2.45, 2.75) is 60.0 Å². The molecule has 0 saturated carbocycles. The predicted molar refractivity (Wildman–Crippen MR) is 89.0 cm³/mol. The lowest BCUT2D eigenvalue weighted by Crippen LogP contribution is -2.26. The number of rotatable bonds is 6. The summed E-state index contributed by atoms with van der Waals surface area (Å²) in [6.07, 6.45) is 0.361. The highest BCUT2D eigenvalue weighted by molar-refractivity contribution is 5.57. The van der Waals surface area contributed by atoms with Crippen LogP contribution in [-0.4, -0.2) is 34.8 Å². The fraction of sp³-hybridized carbons (Fsp3) is 0.750. The van der Waals surface area contributed by atoms with Crippen molar-refractivity contribution >= 4 is 11.6 Å². The van der Waals surface area contributed by atoms with Crippen LogP contribution >= 0.6 is 0 Å². The molecule has 1 unspecified atom stereocenters. The predicted octanol–water partition coefficient (Wildman–Crippen LogP) is 3.16. The van der Waals surface area contributed by atoms with Crippen LogP contribution in [0.25, 0.3) is 0 Å². The van der Waals surface area contributed by atoms with Gasteiger partial charge in [-0.05, 0) is 18.8 Å². The zero-order valence-corrected chi connectivity index (χ0v) is 14.4. The van der Waals surface area contributed by atoms with Crippen LogP contribution in [0.4, 0.5) is 11.6 Å². The molecule has 0 radical (unpaired) electrons. The van der Waals surface area contributed by atoms with Crippen LogP contribution in [0.15, 0.2) is 0 Å². The maximum atomic E-state index is 10.1. The molecule has 5 heteroatoms. The van der Waals surface area contributed by atoms with Crippen LogP contribution in [0.1, 0.15) is 58.3 Å². The Morgan fingerprint density at radius 3 is 2.19 bits per heavy atom. The summed E-state index contributed by atoms with van der Waals surface area (Å²) in [5.74, 6) is 2.70. The molecule has 1 atom stereocenters. The first-order valence-electron chi connectivity index (χ1n) is 7.62. The van der Waals surface area contributed by atoms with Crippen molar-refractivity contribution in [2.75, 3.05) is 24.2 Å². The quantitative estimate of drug-likeness (QED) is 0.752. The molecule has 0 bridgehead atoms. The van der Waals surface area contributed by atoms with Gasteiger partial charge in [-0.25, -0.2) is 9.97 Å². The Kier molecular flexibility index (Phi) is 5.96. The summed E-state index contributed by atoms with van der Waals surface area (Å²) in [6, 6.07) is 0. The van der Waals surface area contributed by atoms with Gasteiger partial charge in [-0.1, -0.05) is 34.6 Å². The number of aliphatic hydroxyl groups excluding tert-OH is 1. The smallest absolute Gasteiger partial charge is 0.135 e. The molecule has 1 rings (SSSR count). The van der Waals surface area contributed by atoms with Gasteiger partial charge in [0.25, 0.3) is 0 Å². The van der Waals surface area contributed by atoms with Crippen molar-refractivity contribution in [3.05, 3.63) is 11.4 Å². The van der Waals surface area contributed by atoms with Gasteiger partial charge in [-0.2, -0.15) is 0 Å². The summed E-state index contributed by atoms with van der Waals surface area (Å²) >= 11 is 0. The fourth-order valence-corrected chi connectivity index (χ4v) is 2.20. The fourth-order valence-electron chi connectivity index (χ4n) is 2.20. The lowest BCUT2D eigenvalue weighted by Gasteiger charge is -2.23. The molecule has 0 aliphatic rings. The molecule has 1 aromatic heterocycles. The van der Waals surface area contributed by atoms with Crippen molar-refractivity contribution in [3.8, 4) is 0 Å². The summed E-state index contributed by atoms with van der Waals surface area (Å²) < 4.78 is 0. The van der Waals surface area contributed by atoms with Crippen molar-refractivity contribution in [2.24, 2.45) is 5.41 Å². The van der Waals surface area contributed by atoms with Gasteiger partial charge in [-0.15, -0.1) is 0 Å². The van der Waals surface area contributed by atoms with E-state index in [1.807, 2.05) is 14.0 Å². The third kappa shape index (κ3) is 5.50. The van der Waals surface area contributed by atoms with Crippen LogP contribution in [0.3, 0.4) is 0 Å². The van der Waals surface area contributed by atoms with E-state index in [9.17, 15) is 5.11 Å². The number of hydrogen-bond acceptors (Lipinski definition) is 5. The monoisotopic (exact) mass is 294 g/mol. The average molecular weight is 294 g/mol. The normalized spacial score (nSPS) is 13.4. The number of anilines is 2. The zero-order chi connectivity index (χ0) is 16.2. The highest BCUT2D eigenvalue weighted by atomic mass is 16.3. The van der Waals surface area contributed by atoms with E-state index in [0.717, 1.165) is 29.4 Å². The number of nitrogens with one attached hydrogen (secondary N) is 2. The summed E-state index contributed by atoms with van der Waals surface area (Å²) in [7, 11) is 1.86. The van der Waals surface area contributed by atoms with Crippen molar-refractivity contribution < 1.29 is 5.11 Å². The Balaban J connectivity index is 2.85. The number of aliphatic hydroxyl groups is 1. The molecule has 0 aliphatic carbocycles. The number of hydrogen-bond donors (Lipinski definition) is 3. The second kappa shape index (κ2) is 7.07. The Morgan fingerprint density at radius 2 is 1.71 bits per heavy atom. The van der Waals surface area contributed by atoms with Gasteiger partial charge in [0.05, 0.1) is 6.10 Å². The third-order valence-electron chi connectivity index (χ3n) is 3.27. The summed E-state index contributed by atoms with van der Waals surface area (Å²) in [6.45, 7) is 13.0. The van der Waals surface area contributed by atoms with Crippen LogP contribution in [0.5, 0.6) is 0 Å². The van der Waals surface area contributed by atoms with Gasteiger partial charge in [0, 0.05) is 25.1 Å². The number of nitrogens with zero attached hydrogens (tertiary/aromatic N) is 2. The van der Waals surface area contributed by atoms with E-state index in [1.54, 1.807) is 0 Å². The van der Waals surface area contributed by atoms with Gasteiger partial charge < -0.3 is 15.7 Å². The Bertz CT molecular complexity index is 466. The molecule has 21 heavy (non-hydrogen) atoms. The zero-order valence-electron chi connectivity index (χ0n) is 14.4. The Morgan fingerprint density at radius 1 is 1.14 bits per heavy atom. The minimum absolute atomic E-state index is 0.112. The molecule has 0 fully saturated rings. The molecular formula is C16H30N4O. The molecule has 0 spiro atoms. The molecule has 0 aliphatic heterocycles. The van der Waals surface area contributed by atoms with E-state index < -0.39 is 0 Å². The average Bonchev–Trinajstić information content (AvgIpc) is 2.35. The summed E-state index contributed by atoms with van der Waals surface area (Å²) in [4.78, 5) is 9.09. The Hall–Kier alpha value is -1.36. The minimum Gasteiger partial charge on any atom is -0.391 e. The van der Waals surface area contributed by atoms with E-state index >= 15 is 0 Å². The SMILES string of the molecule is CNc1nc(C(C)C)nc(NCC(O)CC(C)(C)C)c1C. The minimum atomic E-state index is -0.389. The third-order valence-corrected chi connectivity index (χ3v) is 3.27. The largest absolute Gasteiger partial charge is 0.391 e. The standard InChI is InChI=1S/C16H30N4O/c1-10(2)13-19-14(17-7)11(3)15(20-13)18-9-12(21)8-16(4,5)6/h10,12,21H,8-9H2,1-7H3,(H2,17,18,19,20). The van der Waals surface area contributed by atoms with Crippen molar-refractivity contribution in [3.63, 3.8) is 0 Å². The second-order valence-corrected chi connectivity index (χ2v) is 7.11. The van der Waals surface area contributed by atoms with Gasteiger partial charge >= 0.3 is 0 Å². The molecule has 0 aromatic carbocycles. The Labute approximate surface area is 128 Å². The maximum Gasteiger partial charge on any atom is 0.135 e.